The van der Waals surface area contributed by atoms with Crippen LogP contribution < -0.4 is 16.1 Å². The van der Waals surface area contributed by atoms with Crippen molar-refractivity contribution in [1.29, 1.82) is 0 Å². The molecule has 1 aromatic carbocycles. The Labute approximate surface area is 89.2 Å². The molecule has 0 heterocycles. The second-order valence-corrected chi connectivity index (χ2v) is 3.70. The lowest BCUT2D eigenvalue weighted by atomic mass is 10.2. The molecular weight excluding hydrogens is 196 g/mol. The SMILES string of the molecule is CCCCCNc1c(NC)c(=O)c1=S. The van der Waals surface area contributed by atoms with Crippen molar-refractivity contribution in [1.82, 2.24) is 0 Å². The highest BCUT2D eigenvalue weighted by molar-refractivity contribution is 7.71. The van der Waals surface area contributed by atoms with E-state index in [-0.39, 0.29) is 5.43 Å². The first-order valence-electron chi connectivity index (χ1n) is 4.97. The van der Waals surface area contributed by atoms with E-state index in [2.05, 4.69) is 17.6 Å². The van der Waals surface area contributed by atoms with E-state index in [9.17, 15) is 4.79 Å². The zero-order valence-electron chi connectivity index (χ0n) is 8.64. The lowest BCUT2D eigenvalue weighted by Gasteiger charge is -2.13. The lowest BCUT2D eigenvalue weighted by molar-refractivity contribution is 0.743. The minimum absolute atomic E-state index is 0.0412. The Kier molecular flexibility index (Phi) is 4.07. The second kappa shape index (κ2) is 5.10. The molecule has 0 aromatic heterocycles. The first-order valence-corrected chi connectivity index (χ1v) is 5.38. The Balaban J connectivity index is 2.48. The van der Waals surface area contributed by atoms with E-state index in [1.54, 1.807) is 7.05 Å². The van der Waals surface area contributed by atoms with Crippen LogP contribution in [0.4, 0.5) is 11.4 Å². The smallest absolute Gasteiger partial charge is 0.223 e. The predicted molar refractivity (Wildman–Crippen MR) is 63.5 cm³/mol. The largest absolute Gasteiger partial charge is 0.383 e. The van der Waals surface area contributed by atoms with Crippen LogP contribution in [0.5, 0.6) is 0 Å². The fourth-order valence-corrected chi connectivity index (χ4v) is 1.66. The van der Waals surface area contributed by atoms with Gasteiger partial charge in [0.15, 0.2) is 0 Å². The lowest BCUT2D eigenvalue weighted by Crippen LogP contribution is -2.20. The van der Waals surface area contributed by atoms with Gasteiger partial charge in [-0.15, -0.1) is 0 Å². The van der Waals surface area contributed by atoms with Gasteiger partial charge in [0.2, 0.25) is 5.43 Å². The molecule has 1 aromatic rings. The highest BCUT2D eigenvalue weighted by Crippen LogP contribution is 2.21. The normalized spacial score (nSPS) is 10.4. The molecule has 0 atom stereocenters. The number of hydrogen-bond acceptors (Lipinski definition) is 4. The van der Waals surface area contributed by atoms with Gasteiger partial charge >= 0.3 is 0 Å². The summed E-state index contributed by atoms with van der Waals surface area (Å²) in [7, 11) is 1.74. The average molecular weight is 212 g/mol. The first kappa shape index (κ1) is 11.2. The highest BCUT2D eigenvalue weighted by atomic mass is 32.1. The van der Waals surface area contributed by atoms with E-state index in [0.717, 1.165) is 18.7 Å². The molecule has 1 rings (SSSR count). The van der Waals surface area contributed by atoms with Crippen molar-refractivity contribution in [3.8, 4) is 0 Å². The zero-order chi connectivity index (χ0) is 10.6. The molecule has 14 heavy (non-hydrogen) atoms. The highest BCUT2D eigenvalue weighted by Gasteiger charge is 2.14. The molecule has 4 heteroatoms. The van der Waals surface area contributed by atoms with Crippen molar-refractivity contribution in [2.24, 2.45) is 0 Å². The Morgan fingerprint density at radius 2 is 2.00 bits per heavy atom. The molecule has 0 aliphatic carbocycles. The van der Waals surface area contributed by atoms with Crippen LogP contribution in [0.15, 0.2) is 4.79 Å². The minimum Gasteiger partial charge on any atom is -0.383 e. The molecule has 2 N–H and O–H groups in total. The molecule has 78 valence electrons. The minimum atomic E-state index is -0.0412. The Morgan fingerprint density at radius 3 is 2.57 bits per heavy atom. The van der Waals surface area contributed by atoms with Gasteiger partial charge in [0, 0.05) is 13.6 Å². The molecule has 0 saturated heterocycles. The summed E-state index contributed by atoms with van der Waals surface area (Å²) in [6, 6.07) is 0. The van der Waals surface area contributed by atoms with Crippen LogP contribution in [-0.4, -0.2) is 13.6 Å². The fraction of sp³-hybridized carbons (Fsp3) is 0.600. The maximum absolute atomic E-state index is 11.2. The third-order valence-corrected chi connectivity index (χ3v) is 2.63. The number of rotatable bonds is 6. The molecule has 0 saturated carbocycles. The van der Waals surface area contributed by atoms with Gasteiger partial charge in [0.25, 0.3) is 0 Å². The summed E-state index contributed by atoms with van der Waals surface area (Å²) < 4.78 is 0.436. The van der Waals surface area contributed by atoms with Crippen LogP contribution in [-0.2, 0) is 0 Å². The van der Waals surface area contributed by atoms with Gasteiger partial charge < -0.3 is 10.6 Å². The van der Waals surface area contributed by atoms with Crippen molar-refractivity contribution in [2.45, 2.75) is 26.2 Å². The van der Waals surface area contributed by atoms with Gasteiger partial charge in [-0.05, 0) is 6.42 Å². The van der Waals surface area contributed by atoms with Crippen LogP contribution in [0, 0.1) is 4.51 Å². The molecule has 0 spiro atoms. The maximum Gasteiger partial charge on any atom is 0.223 e. The molecule has 0 fully saturated rings. The van der Waals surface area contributed by atoms with Crippen molar-refractivity contribution in [2.75, 3.05) is 24.2 Å². The Morgan fingerprint density at radius 1 is 1.29 bits per heavy atom. The number of unbranched alkanes of at least 4 members (excludes halogenated alkanes) is 2. The second-order valence-electron chi connectivity index (χ2n) is 3.29. The average Bonchev–Trinajstić information content (AvgIpc) is 2.21. The summed E-state index contributed by atoms with van der Waals surface area (Å²) in [5.41, 5.74) is 1.41. The van der Waals surface area contributed by atoms with Crippen molar-refractivity contribution >= 4 is 23.6 Å². The van der Waals surface area contributed by atoms with Gasteiger partial charge in [-0.1, -0.05) is 32.0 Å². The monoisotopic (exact) mass is 212 g/mol. The van der Waals surface area contributed by atoms with Crippen LogP contribution in [0.3, 0.4) is 0 Å². The van der Waals surface area contributed by atoms with E-state index >= 15 is 0 Å². The fourth-order valence-electron chi connectivity index (χ4n) is 1.39. The molecule has 0 bridgehead atoms. The van der Waals surface area contributed by atoms with Crippen LogP contribution >= 0.6 is 12.2 Å². The summed E-state index contributed by atoms with van der Waals surface area (Å²) in [6.45, 7) is 3.05. The number of nitrogens with one attached hydrogen (secondary N) is 2. The third kappa shape index (κ3) is 2.12. The molecule has 0 unspecified atom stereocenters. The Bertz CT molecular complexity index is 366. The van der Waals surface area contributed by atoms with Gasteiger partial charge in [-0.3, -0.25) is 4.79 Å². The first-order chi connectivity index (χ1) is 6.72. The quantitative estimate of drug-likeness (QED) is 0.561. The molecule has 0 aliphatic rings. The van der Waals surface area contributed by atoms with Crippen molar-refractivity contribution in [3.63, 3.8) is 0 Å². The standard InChI is InChI=1S/C10H16N2OS/c1-3-4-5-6-12-8-7(11-2)9(13)10(8)14/h11-12H,3-6H2,1-2H3. The molecular formula is C10H16N2OS. The van der Waals surface area contributed by atoms with Gasteiger partial charge in [0.1, 0.15) is 10.2 Å². The zero-order valence-corrected chi connectivity index (χ0v) is 9.46. The van der Waals surface area contributed by atoms with Crippen LogP contribution in [0.2, 0.25) is 0 Å². The molecule has 0 radical (unpaired) electrons. The maximum atomic E-state index is 11.2. The van der Waals surface area contributed by atoms with E-state index < -0.39 is 0 Å². The summed E-state index contributed by atoms with van der Waals surface area (Å²) in [4.78, 5) is 11.2. The van der Waals surface area contributed by atoms with Gasteiger partial charge in [0.05, 0.1) is 5.69 Å². The third-order valence-electron chi connectivity index (χ3n) is 2.24. The molecule has 0 amide bonds. The Hall–Kier alpha value is -0.900. The summed E-state index contributed by atoms with van der Waals surface area (Å²) in [6.07, 6.45) is 3.52. The topological polar surface area (TPSA) is 41.1 Å². The van der Waals surface area contributed by atoms with Crippen LogP contribution in [0.1, 0.15) is 26.2 Å². The number of anilines is 2. The van der Waals surface area contributed by atoms with Crippen molar-refractivity contribution in [3.05, 3.63) is 14.7 Å². The van der Waals surface area contributed by atoms with Gasteiger partial charge in [-0.2, -0.15) is 0 Å². The predicted octanol–water partition coefficient (Wildman–Crippen LogP) is 2.30. The van der Waals surface area contributed by atoms with E-state index in [1.807, 2.05) is 0 Å². The summed E-state index contributed by atoms with van der Waals surface area (Å²) in [5.74, 6) is 0. The summed E-state index contributed by atoms with van der Waals surface area (Å²) in [5, 5.41) is 6.04. The van der Waals surface area contributed by atoms with E-state index in [0.29, 0.717) is 10.2 Å². The molecule has 3 nitrogen and oxygen atoms in total. The van der Waals surface area contributed by atoms with Gasteiger partial charge in [-0.25, -0.2) is 0 Å². The number of hydrogen-bond donors (Lipinski definition) is 2. The molecule has 0 aliphatic heterocycles. The van der Waals surface area contributed by atoms with Crippen LogP contribution in [0.25, 0.3) is 0 Å². The van der Waals surface area contributed by atoms with E-state index in [4.69, 9.17) is 12.2 Å². The summed E-state index contributed by atoms with van der Waals surface area (Å²) >= 11 is 4.94. The van der Waals surface area contributed by atoms with E-state index in [1.165, 1.54) is 12.8 Å². The van der Waals surface area contributed by atoms with Crippen molar-refractivity contribution < 1.29 is 0 Å².